The van der Waals surface area contributed by atoms with Gasteiger partial charge in [0.05, 0.1) is 0 Å². The van der Waals surface area contributed by atoms with Crippen LogP contribution >= 0.6 is 0 Å². The van der Waals surface area contributed by atoms with Crippen molar-refractivity contribution in [3.63, 3.8) is 0 Å². The number of nitrogens with one attached hydrogen (secondary N) is 1. The van der Waals surface area contributed by atoms with Gasteiger partial charge in [0, 0.05) is 5.54 Å². The van der Waals surface area contributed by atoms with Crippen LogP contribution in [0.1, 0.15) is 37.3 Å². The van der Waals surface area contributed by atoms with Crippen molar-refractivity contribution in [2.24, 2.45) is 0 Å². The van der Waals surface area contributed by atoms with Gasteiger partial charge in [-0.2, -0.15) is 0 Å². The minimum absolute atomic E-state index is 0.308. The van der Waals surface area contributed by atoms with E-state index in [1.807, 2.05) is 0 Å². The van der Waals surface area contributed by atoms with Gasteiger partial charge in [-0.25, -0.2) is 0 Å². The second-order valence-electron chi connectivity index (χ2n) is 4.37. The lowest BCUT2D eigenvalue weighted by Gasteiger charge is -2.44. The quantitative estimate of drug-likeness (QED) is 0.770. The van der Waals surface area contributed by atoms with Crippen LogP contribution in [0.5, 0.6) is 0 Å². The van der Waals surface area contributed by atoms with Crippen LogP contribution in [0, 0.1) is 6.92 Å². The van der Waals surface area contributed by atoms with E-state index >= 15 is 0 Å². The van der Waals surface area contributed by atoms with Crippen molar-refractivity contribution in [2.75, 3.05) is 6.54 Å². The van der Waals surface area contributed by atoms with Gasteiger partial charge < -0.3 is 5.32 Å². The first kappa shape index (κ1) is 9.72. The molecule has 1 atom stereocenters. The predicted octanol–water partition coefficient (Wildman–Crippen LogP) is 2.98. The lowest BCUT2D eigenvalue weighted by atomic mass is 9.77. The maximum Gasteiger partial charge on any atom is 0.0446 e. The van der Waals surface area contributed by atoms with Crippen LogP contribution in [-0.4, -0.2) is 6.54 Å². The van der Waals surface area contributed by atoms with Crippen LogP contribution in [0.2, 0.25) is 0 Å². The monoisotopic (exact) mass is 189 g/mol. The molecule has 1 fully saturated rings. The van der Waals surface area contributed by atoms with E-state index in [0.717, 1.165) is 0 Å². The molecule has 1 saturated heterocycles. The average Bonchev–Trinajstić information content (AvgIpc) is 2.13. The smallest absolute Gasteiger partial charge is 0.0446 e. The molecule has 1 aliphatic heterocycles. The van der Waals surface area contributed by atoms with Gasteiger partial charge >= 0.3 is 0 Å². The van der Waals surface area contributed by atoms with Gasteiger partial charge in [0.25, 0.3) is 0 Å². The molecule has 0 radical (unpaired) electrons. The summed E-state index contributed by atoms with van der Waals surface area (Å²) in [5.41, 5.74) is 3.12. The first-order valence-electron chi connectivity index (χ1n) is 5.59. The highest BCUT2D eigenvalue weighted by atomic mass is 15.0. The van der Waals surface area contributed by atoms with E-state index in [4.69, 9.17) is 0 Å². The van der Waals surface area contributed by atoms with Crippen molar-refractivity contribution in [3.8, 4) is 0 Å². The maximum absolute atomic E-state index is 3.60. The van der Waals surface area contributed by atoms with Crippen molar-refractivity contribution in [1.29, 1.82) is 0 Å². The number of benzene rings is 1. The average molecular weight is 189 g/mol. The van der Waals surface area contributed by atoms with E-state index in [1.165, 1.54) is 36.9 Å². The van der Waals surface area contributed by atoms with E-state index < -0.39 is 0 Å². The summed E-state index contributed by atoms with van der Waals surface area (Å²) in [6, 6.07) is 8.98. The predicted molar refractivity (Wildman–Crippen MR) is 60.4 cm³/mol. The van der Waals surface area contributed by atoms with Gasteiger partial charge in [-0.3, -0.25) is 0 Å². The molecule has 0 aromatic heterocycles. The van der Waals surface area contributed by atoms with E-state index in [1.54, 1.807) is 0 Å². The van der Waals surface area contributed by atoms with Crippen LogP contribution in [-0.2, 0) is 5.54 Å². The highest BCUT2D eigenvalue weighted by Gasteiger charge is 2.36. The summed E-state index contributed by atoms with van der Waals surface area (Å²) in [7, 11) is 0. The Labute approximate surface area is 86.5 Å². The summed E-state index contributed by atoms with van der Waals surface area (Å²) < 4.78 is 0. The van der Waals surface area contributed by atoms with Crippen LogP contribution in [0.15, 0.2) is 24.3 Å². The zero-order chi connectivity index (χ0) is 10.0. The maximum atomic E-state index is 3.60. The molecular formula is C13H19N. The molecule has 14 heavy (non-hydrogen) atoms. The van der Waals surface area contributed by atoms with Crippen LogP contribution in [0.25, 0.3) is 0 Å². The van der Waals surface area contributed by atoms with Crippen molar-refractivity contribution >= 4 is 0 Å². The summed E-state index contributed by atoms with van der Waals surface area (Å²) in [5.74, 6) is 0. The minimum Gasteiger partial charge on any atom is -0.307 e. The third-order valence-electron chi connectivity index (χ3n) is 3.30. The lowest BCUT2D eigenvalue weighted by Crippen LogP contribution is -2.53. The molecule has 0 spiro atoms. The molecule has 1 unspecified atom stereocenters. The molecule has 1 aliphatic rings. The van der Waals surface area contributed by atoms with Crippen molar-refractivity contribution in [1.82, 2.24) is 5.32 Å². The Kier molecular flexibility index (Phi) is 2.60. The summed E-state index contributed by atoms with van der Waals surface area (Å²) >= 11 is 0. The van der Waals surface area contributed by atoms with E-state index in [-0.39, 0.29) is 0 Å². The molecule has 1 heterocycles. The minimum atomic E-state index is 0.308. The van der Waals surface area contributed by atoms with E-state index in [9.17, 15) is 0 Å². The second kappa shape index (κ2) is 3.74. The summed E-state index contributed by atoms with van der Waals surface area (Å²) in [6.45, 7) is 5.58. The first-order valence-corrected chi connectivity index (χ1v) is 5.59. The molecule has 0 amide bonds. The molecule has 1 nitrogen and oxygen atoms in total. The Balaban J connectivity index is 2.23. The van der Waals surface area contributed by atoms with E-state index in [2.05, 4.69) is 43.4 Å². The second-order valence-corrected chi connectivity index (χ2v) is 4.37. The number of hydrogen-bond donors (Lipinski definition) is 1. The van der Waals surface area contributed by atoms with Crippen LogP contribution in [0.3, 0.4) is 0 Å². The Bertz CT molecular complexity index is 296. The Morgan fingerprint density at radius 1 is 1.29 bits per heavy atom. The molecule has 0 aliphatic carbocycles. The fraction of sp³-hybridized carbons (Fsp3) is 0.538. The Morgan fingerprint density at radius 2 is 1.93 bits per heavy atom. The zero-order valence-electron chi connectivity index (χ0n) is 9.14. The molecule has 1 heteroatoms. The SMILES string of the molecule is CCCC1(c2ccc(C)cc2)CCN1. The highest BCUT2D eigenvalue weighted by Crippen LogP contribution is 2.35. The van der Waals surface area contributed by atoms with Crippen LogP contribution < -0.4 is 5.32 Å². The van der Waals surface area contributed by atoms with Gasteiger partial charge in [0.15, 0.2) is 0 Å². The third-order valence-corrected chi connectivity index (χ3v) is 3.30. The summed E-state index contributed by atoms with van der Waals surface area (Å²) in [5, 5.41) is 3.60. The molecule has 1 aromatic rings. The van der Waals surface area contributed by atoms with Crippen molar-refractivity contribution < 1.29 is 0 Å². The van der Waals surface area contributed by atoms with Gasteiger partial charge in [-0.1, -0.05) is 43.2 Å². The van der Waals surface area contributed by atoms with Gasteiger partial charge in [-0.05, 0) is 31.9 Å². The number of hydrogen-bond acceptors (Lipinski definition) is 1. The lowest BCUT2D eigenvalue weighted by molar-refractivity contribution is 0.191. The zero-order valence-corrected chi connectivity index (χ0v) is 9.14. The Hall–Kier alpha value is -0.820. The Morgan fingerprint density at radius 3 is 2.36 bits per heavy atom. The molecular weight excluding hydrogens is 170 g/mol. The third kappa shape index (κ3) is 1.57. The summed E-state index contributed by atoms with van der Waals surface area (Å²) in [6.07, 6.45) is 3.81. The van der Waals surface area contributed by atoms with Crippen molar-refractivity contribution in [2.45, 2.75) is 38.6 Å². The molecule has 0 bridgehead atoms. The normalized spacial score (nSPS) is 25.9. The fourth-order valence-corrected chi connectivity index (χ4v) is 2.33. The van der Waals surface area contributed by atoms with Gasteiger partial charge in [-0.15, -0.1) is 0 Å². The fourth-order valence-electron chi connectivity index (χ4n) is 2.33. The van der Waals surface area contributed by atoms with Crippen molar-refractivity contribution in [3.05, 3.63) is 35.4 Å². The van der Waals surface area contributed by atoms with Gasteiger partial charge in [0.1, 0.15) is 0 Å². The largest absolute Gasteiger partial charge is 0.307 e. The molecule has 2 rings (SSSR count). The summed E-state index contributed by atoms with van der Waals surface area (Å²) in [4.78, 5) is 0. The van der Waals surface area contributed by atoms with Gasteiger partial charge in [0.2, 0.25) is 0 Å². The van der Waals surface area contributed by atoms with E-state index in [0.29, 0.717) is 5.54 Å². The standard InChI is InChI=1S/C13H19N/c1-3-8-13(9-10-14-13)12-6-4-11(2)5-7-12/h4-7,14H,3,8-10H2,1-2H3. The number of aryl methyl sites for hydroxylation is 1. The highest BCUT2D eigenvalue weighted by molar-refractivity contribution is 5.30. The van der Waals surface area contributed by atoms with Crippen LogP contribution in [0.4, 0.5) is 0 Å². The number of rotatable bonds is 3. The molecule has 76 valence electrons. The first-order chi connectivity index (χ1) is 6.77. The molecule has 1 aromatic carbocycles. The topological polar surface area (TPSA) is 12.0 Å². The molecule has 1 N–H and O–H groups in total. The molecule has 0 saturated carbocycles.